The molecular weight excluding hydrogens is 166 g/mol. The number of methoxy groups -OCH3 is 1. The summed E-state index contributed by atoms with van der Waals surface area (Å²) < 4.78 is 8.53. The first-order valence-corrected chi connectivity index (χ1v) is 3.26. The molecule has 70 valence electrons. The molecule has 12 heavy (non-hydrogen) atoms. The maximum absolute atomic E-state index is 10.3. The highest BCUT2D eigenvalue weighted by Gasteiger charge is 2.07. The van der Waals surface area contributed by atoms with Gasteiger partial charge in [-0.05, 0) is 0 Å². The highest BCUT2D eigenvalue weighted by molar-refractivity contribution is 5.59. The van der Waals surface area contributed by atoms with Crippen molar-refractivity contribution < 1.29 is 24.2 Å². The van der Waals surface area contributed by atoms with Crippen LogP contribution in [-0.2, 0) is 14.3 Å². The zero-order valence-corrected chi connectivity index (χ0v) is 6.65. The van der Waals surface area contributed by atoms with Gasteiger partial charge in [0, 0.05) is 6.54 Å². The van der Waals surface area contributed by atoms with Crippen LogP contribution in [0, 0.1) is 0 Å². The molecule has 0 radical (unpaired) electrons. The van der Waals surface area contributed by atoms with E-state index in [0.717, 1.165) is 0 Å². The molecule has 0 heterocycles. The second-order valence-electron chi connectivity index (χ2n) is 1.95. The highest BCUT2D eigenvalue weighted by Crippen LogP contribution is 1.86. The van der Waals surface area contributed by atoms with Crippen molar-refractivity contribution in [2.24, 2.45) is 0 Å². The number of ether oxygens (including phenoxy) is 2. The summed E-state index contributed by atoms with van der Waals surface area (Å²) in [4.78, 5) is 20.1. The fourth-order valence-corrected chi connectivity index (χ4v) is 0.466. The van der Waals surface area contributed by atoms with Crippen LogP contribution >= 0.6 is 0 Å². The molecule has 1 unspecified atom stereocenters. The Hall–Kier alpha value is -1.30. The van der Waals surface area contributed by atoms with Crippen molar-refractivity contribution in [3.8, 4) is 0 Å². The number of rotatable bonds is 5. The van der Waals surface area contributed by atoms with E-state index in [-0.39, 0.29) is 13.2 Å². The molecule has 0 bridgehead atoms. The van der Waals surface area contributed by atoms with Gasteiger partial charge in [0.2, 0.25) is 6.41 Å². The Labute approximate surface area is 69.5 Å². The zero-order chi connectivity index (χ0) is 9.40. The number of carbonyl (C=O) groups is 2. The summed E-state index contributed by atoms with van der Waals surface area (Å²) in [5.74, 6) is 0. The van der Waals surface area contributed by atoms with E-state index in [9.17, 15) is 9.59 Å². The Morgan fingerprint density at radius 1 is 1.75 bits per heavy atom. The molecule has 0 aromatic carbocycles. The molecule has 0 spiro atoms. The Balaban J connectivity index is 3.36. The Morgan fingerprint density at radius 2 is 2.42 bits per heavy atom. The minimum atomic E-state index is -0.908. The minimum absolute atomic E-state index is 0.0422. The van der Waals surface area contributed by atoms with Crippen molar-refractivity contribution in [1.29, 1.82) is 0 Å². The van der Waals surface area contributed by atoms with E-state index in [4.69, 9.17) is 5.11 Å². The van der Waals surface area contributed by atoms with Crippen LogP contribution in [0.25, 0.3) is 0 Å². The molecule has 0 saturated heterocycles. The van der Waals surface area contributed by atoms with E-state index in [1.165, 1.54) is 7.11 Å². The van der Waals surface area contributed by atoms with Crippen LogP contribution < -0.4 is 5.32 Å². The maximum atomic E-state index is 10.3. The third kappa shape index (κ3) is 5.48. The van der Waals surface area contributed by atoms with Gasteiger partial charge in [0.25, 0.3) is 0 Å². The monoisotopic (exact) mass is 177 g/mol. The van der Waals surface area contributed by atoms with Crippen LogP contribution in [0.4, 0.5) is 4.79 Å². The number of nitrogens with one attached hydrogen (secondary N) is 1. The summed E-state index contributed by atoms with van der Waals surface area (Å²) in [5.41, 5.74) is 0. The van der Waals surface area contributed by atoms with Gasteiger partial charge in [-0.3, -0.25) is 4.79 Å². The fourth-order valence-electron chi connectivity index (χ4n) is 0.466. The van der Waals surface area contributed by atoms with Gasteiger partial charge in [0.05, 0.1) is 7.11 Å². The molecule has 1 atom stereocenters. The largest absolute Gasteiger partial charge is 0.508 e. The number of carbonyl (C=O) groups excluding carboxylic acids is 2. The van der Waals surface area contributed by atoms with Crippen LogP contribution in [0.15, 0.2) is 0 Å². The van der Waals surface area contributed by atoms with Gasteiger partial charge in [-0.25, -0.2) is 4.79 Å². The lowest BCUT2D eigenvalue weighted by molar-refractivity contribution is -0.110. The zero-order valence-electron chi connectivity index (χ0n) is 6.65. The standard InChI is InChI=1S/C6H11NO5/c1-11-6(10)12-3-5(9)2-7-4-8/h4-5,9H,2-3H2,1H3,(H,7,8). The predicted octanol–water partition coefficient (Wildman–Crippen LogP) is -1.12. The van der Waals surface area contributed by atoms with Crippen LogP contribution in [0.2, 0.25) is 0 Å². The first kappa shape index (κ1) is 10.7. The van der Waals surface area contributed by atoms with E-state index in [2.05, 4.69) is 14.8 Å². The minimum Gasteiger partial charge on any atom is -0.438 e. The SMILES string of the molecule is COC(=O)OCC(O)CNC=O. The van der Waals surface area contributed by atoms with Gasteiger partial charge < -0.3 is 19.9 Å². The van der Waals surface area contributed by atoms with Gasteiger partial charge in [0.15, 0.2) is 0 Å². The van der Waals surface area contributed by atoms with Crippen molar-refractivity contribution in [2.75, 3.05) is 20.3 Å². The number of aliphatic hydroxyl groups excluding tert-OH is 1. The fraction of sp³-hybridized carbons (Fsp3) is 0.667. The average molecular weight is 177 g/mol. The first-order valence-electron chi connectivity index (χ1n) is 3.26. The normalized spacial score (nSPS) is 11.5. The van der Waals surface area contributed by atoms with E-state index in [1.54, 1.807) is 0 Å². The van der Waals surface area contributed by atoms with Gasteiger partial charge in [-0.15, -0.1) is 0 Å². The Bertz CT molecular complexity index is 149. The molecule has 0 aliphatic rings. The van der Waals surface area contributed by atoms with Crippen molar-refractivity contribution in [1.82, 2.24) is 5.32 Å². The lowest BCUT2D eigenvalue weighted by Crippen LogP contribution is -2.30. The third-order valence-corrected chi connectivity index (χ3v) is 0.997. The summed E-state index contributed by atoms with van der Waals surface area (Å²) in [5, 5.41) is 11.2. The third-order valence-electron chi connectivity index (χ3n) is 0.997. The molecule has 0 rings (SSSR count). The smallest absolute Gasteiger partial charge is 0.438 e. The van der Waals surface area contributed by atoms with Gasteiger partial charge in [-0.2, -0.15) is 0 Å². The van der Waals surface area contributed by atoms with Crippen LogP contribution in [0.5, 0.6) is 0 Å². The molecule has 0 aromatic heterocycles. The van der Waals surface area contributed by atoms with Crippen molar-refractivity contribution in [3.63, 3.8) is 0 Å². The number of amides is 1. The van der Waals surface area contributed by atoms with Crippen molar-refractivity contribution in [2.45, 2.75) is 6.10 Å². The summed E-state index contributed by atoms with van der Waals surface area (Å²) in [6.45, 7) is -0.159. The first-order chi connectivity index (χ1) is 5.70. The molecule has 0 aliphatic carbocycles. The molecule has 2 N–H and O–H groups in total. The average Bonchev–Trinajstić information content (AvgIpc) is 2.10. The topological polar surface area (TPSA) is 84.9 Å². The summed E-state index contributed by atoms with van der Waals surface area (Å²) in [6.07, 6.45) is -1.32. The van der Waals surface area contributed by atoms with Gasteiger partial charge in [-0.1, -0.05) is 0 Å². The molecule has 0 aromatic rings. The summed E-state index contributed by atoms with van der Waals surface area (Å²) in [6, 6.07) is 0. The number of aliphatic hydroxyl groups is 1. The second-order valence-corrected chi connectivity index (χ2v) is 1.95. The van der Waals surface area contributed by atoms with Crippen molar-refractivity contribution >= 4 is 12.6 Å². The van der Waals surface area contributed by atoms with E-state index in [1.807, 2.05) is 0 Å². The van der Waals surface area contributed by atoms with Gasteiger partial charge >= 0.3 is 6.16 Å². The Kier molecular flexibility index (Phi) is 5.72. The molecule has 0 aliphatic heterocycles. The highest BCUT2D eigenvalue weighted by atomic mass is 16.7. The van der Waals surface area contributed by atoms with Gasteiger partial charge in [0.1, 0.15) is 12.7 Å². The number of hydrogen-bond donors (Lipinski definition) is 2. The van der Waals surface area contributed by atoms with Crippen LogP contribution in [-0.4, -0.2) is 44.0 Å². The molecular formula is C6H11NO5. The molecule has 0 saturated carbocycles. The second kappa shape index (κ2) is 6.41. The van der Waals surface area contributed by atoms with Crippen molar-refractivity contribution in [3.05, 3.63) is 0 Å². The number of hydrogen-bond acceptors (Lipinski definition) is 5. The molecule has 6 nitrogen and oxygen atoms in total. The summed E-state index contributed by atoms with van der Waals surface area (Å²) >= 11 is 0. The Morgan fingerprint density at radius 3 is 2.92 bits per heavy atom. The molecule has 0 fully saturated rings. The quantitative estimate of drug-likeness (QED) is 0.410. The summed E-state index contributed by atoms with van der Waals surface area (Å²) in [7, 11) is 1.17. The molecule has 6 heteroatoms. The lowest BCUT2D eigenvalue weighted by Gasteiger charge is -2.08. The predicted molar refractivity (Wildman–Crippen MR) is 38.4 cm³/mol. The van der Waals surface area contributed by atoms with E-state index < -0.39 is 12.3 Å². The molecule has 1 amide bonds. The van der Waals surface area contributed by atoms with Crippen LogP contribution in [0.1, 0.15) is 0 Å². The van der Waals surface area contributed by atoms with E-state index in [0.29, 0.717) is 6.41 Å². The lowest BCUT2D eigenvalue weighted by atomic mass is 10.4. The van der Waals surface area contributed by atoms with E-state index >= 15 is 0 Å². The van der Waals surface area contributed by atoms with Crippen LogP contribution in [0.3, 0.4) is 0 Å². The maximum Gasteiger partial charge on any atom is 0.508 e.